The van der Waals surface area contributed by atoms with Gasteiger partial charge in [0.1, 0.15) is 0 Å². The predicted octanol–water partition coefficient (Wildman–Crippen LogP) is 1.07. The SMILES string of the molecule is CC(CO)(CO)NCC(O)c1ccc(C(F)(F)F)cc1. The van der Waals surface area contributed by atoms with E-state index in [1.807, 2.05) is 0 Å². The molecule has 7 heteroatoms. The van der Waals surface area contributed by atoms with Gasteiger partial charge >= 0.3 is 6.18 Å². The zero-order valence-electron chi connectivity index (χ0n) is 11.0. The van der Waals surface area contributed by atoms with E-state index in [2.05, 4.69) is 5.32 Å². The summed E-state index contributed by atoms with van der Waals surface area (Å²) in [6, 6.07) is 4.19. The summed E-state index contributed by atoms with van der Waals surface area (Å²) in [5, 5.41) is 30.8. The van der Waals surface area contributed by atoms with Crippen molar-refractivity contribution in [2.24, 2.45) is 0 Å². The Morgan fingerprint density at radius 2 is 1.60 bits per heavy atom. The maximum Gasteiger partial charge on any atom is 0.416 e. The average molecular weight is 293 g/mol. The Hall–Kier alpha value is -1.15. The number of hydrogen-bond donors (Lipinski definition) is 4. The molecule has 0 fully saturated rings. The highest BCUT2D eigenvalue weighted by molar-refractivity contribution is 5.26. The minimum atomic E-state index is -4.41. The molecule has 20 heavy (non-hydrogen) atoms. The number of hydrogen-bond acceptors (Lipinski definition) is 4. The van der Waals surface area contributed by atoms with Crippen LogP contribution in [0.4, 0.5) is 13.2 Å². The average Bonchev–Trinajstić information content (AvgIpc) is 2.43. The molecule has 114 valence electrons. The minimum Gasteiger partial charge on any atom is -0.394 e. The highest BCUT2D eigenvalue weighted by Gasteiger charge is 2.30. The van der Waals surface area contributed by atoms with Crippen LogP contribution in [-0.2, 0) is 6.18 Å². The van der Waals surface area contributed by atoms with Gasteiger partial charge in [0.05, 0.1) is 30.4 Å². The van der Waals surface area contributed by atoms with Gasteiger partial charge in [-0.3, -0.25) is 0 Å². The number of aliphatic hydroxyl groups excluding tert-OH is 3. The van der Waals surface area contributed by atoms with Gasteiger partial charge in [0.2, 0.25) is 0 Å². The Morgan fingerprint density at radius 1 is 1.10 bits per heavy atom. The van der Waals surface area contributed by atoms with Crippen molar-refractivity contribution in [1.82, 2.24) is 5.32 Å². The molecule has 4 N–H and O–H groups in total. The second-order valence-electron chi connectivity index (χ2n) is 4.89. The van der Waals surface area contributed by atoms with Gasteiger partial charge in [0.15, 0.2) is 0 Å². The van der Waals surface area contributed by atoms with Crippen molar-refractivity contribution in [2.45, 2.75) is 24.7 Å². The van der Waals surface area contributed by atoms with Gasteiger partial charge in [-0.05, 0) is 24.6 Å². The third-order valence-corrected chi connectivity index (χ3v) is 3.04. The zero-order valence-corrected chi connectivity index (χ0v) is 11.0. The van der Waals surface area contributed by atoms with Crippen molar-refractivity contribution in [3.8, 4) is 0 Å². The van der Waals surface area contributed by atoms with Gasteiger partial charge < -0.3 is 20.6 Å². The topological polar surface area (TPSA) is 72.7 Å². The summed E-state index contributed by atoms with van der Waals surface area (Å²) in [6.07, 6.45) is -5.44. The third-order valence-electron chi connectivity index (χ3n) is 3.04. The molecule has 0 bridgehead atoms. The van der Waals surface area contributed by atoms with Gasteiger partial charge in [-0.1, -0.05) is 12.1 Å². The number of nitrogens with one attached hydrogen (secondary N) is 1. The number of β-amino-alcohol motifs (C(OH)–C–C–N with tert-alkyl or cyclic N) is 1. The van der Waals surface area contributed by atoms with E-state index < -0.39 is 23.4 Å². The summed E-state index contributed by atoms with van der Waals surface area (Å²) in [7, 11) is 0. The molecule has 0 aromatic heterocycles. The normalized spacial score (nSPS) is 14.3. The van der Waals surface area contributed by atoms with Crippen molar-refractivity contribution in [2.75, 3.05) is 19.8 Å². The van der Waals surface area contributed by atoms with Crippen LogP contribution < -0.4 is 5.32 Å². The maximum atomic E-state index is 12.4. The van der Waals surface area contributed by atoms with E-state index in [1.165, 1.54) is 12.1 Å². The van der Waals surface area contributed by atoms with E-state index in [0.29, 0.717) is 5.56 Å². The van der Waals surface area contributed by atoms with E-state index in [4.69, 9.17) is 10.2 Å². The number of aliphatic hydroxyl groups is 3. The molecule has 1 aromatic carbocycles. The van der Waals surface area contributed by atoms with E-state index in [9.17, 15) is 18.3 Å². The van der Waals surface area contributed by atoms with Crippen LogP contribution in [0.1, 0.15) is 24.2 Å². The van der Waals surface area contributed by atoms with Gasteiger partial charge in [-0.2, -0.15) is 13.2 Å². The number of benzene rings is 1. The number of alkyl halides is 3. The first-order valence-corrected chi connectivity index (χ1v) is 6.04. The lowest BCUT2D eigenvalue weighted by atomic mass is 10.0. The Morgan fingerprint density at radius 3 is 2.00 bits per heavy atom. The largest absolute Gasteiger partial charge is 0.416 e. The van der Waals surface area contributed by atoms with Gasteiger partial charge in [0.25, 0.3) is 0 Å². The lowest BCUT2D eigenvalue weighted by Gasteiger charge is -2.27. The summed E-state index contributed by atoms with van der Waals surface area (Å²) in [6.45, 7) is 0.905. The highest BCUT2D eigenvalue weighted by atomic mass is 19.4. The highest BCUT2D eigenvalue weighted by Crippen LogP contribution is 2.29. The number of rotatable bonds is 6. The molecule has 4 nitrogen and oxygen atoms in total. The van der Waals surface area contributed by atoms with Crippen LogP contribution in [0.5, 0.6) is 0 Å². The van der Waals surface area contributed by atoms with Crippen LogP contribution >= 0.6 is 0 Å². The van der Waals surface area contributed by atoms with E-state index in [0.717, 1.165) is 12.1 Å². The standard InChI is InChI=1S/C13H18F3NO3/c1-12(7-18,8-19)17-6-11(20)9-2-4-10(5-3-9)13(14,15)16/h2-5,11,17-20H,6-8H2,1H3. The molecule has 0 spiro atoms. The van der Waals surface area contributed by atoms with Gasteiger partial charge in [0, 0.05) is 6.54 Å². The van der Waals surface area contributed by atoms with Crippen molar-refractivity contribution < 1.29 is 28.5 Å². The molecule has 0 saturated heterocycles. The molecule has 0 amide bonds. The van der Waals surface area contributed by atoms with E-state index in [-0.39, 0.29) is 19.8 Å². The zero-order chi connectivity index (χ0) is 15.4. The molecule has 0 aliphatic heterocycles. The summed E-state index contributed by atoms with van der Waals surface area (Å²) < 4.78 is 37.2. The van der Waals surface area contributed by atoms with Gasteiger partial charge in [-0.15, -0.1) is 0 Å². The van der Waals surface area contributed by atoms with Crippen LogP contribution in [0, 0.1) is 0 Å². The van der Waals surface area contributed by atoms with Crippen LogP contribution in [0.2, 0.25) is 0 Å². The fourth-order valence-corrected chi connectivity index (χ4v) is 1.52. The molecule has 1 rings (SSSR count). The molecule has 0 aliphatic carbocycles. The molecule has 1 atom stereocenters. The van der Waals surface area contributed by atoms with Crippen molar-refractivity contribution in [3.05, 3.63) is 35.4 Å². The van der Waals surface area contributed by atoms with Gasteiger partial charge in [-0.25, -0.2) is 0 Å². The predicted molar refractivity (Wildman–Crippen MR) is 67.0 cm³/mol. The monoisotopic (exact) mass is 293 g/mol. The molecule has 0 radical (unpaired) electrons. The van der Waals surface area contributed by atoms with Crippen LogP contribution in [0.15, 0.2) is 24.3 Å². The summed E-state index contributed by atoms with van der Waals surface area (Å²) >= 11 is 0. The Bertz CT molecular complexity index is 416. The first-order valence-electron chi connectivity index (χ1n) is 6.04. The smallest absolute Gasteiger partial charge is 0.394 e. The van der Waals surface area contributed by atoms with Crippen molar-refractivity contribution >= 4 is 0 Å². The minimum absolute atomic E-state index is 0.00296. The summed E-state index contributed by atoms with van der Waals surface area (Å²) in [5.74, 6) is 0. The lowest BCUT2D eigenvalue weighted by molar-refractivity contribution is -0.137. The number of halogens is 3. The maximum absolute atomic E-state index is 12.4. The van der Waals surface area contributed by atoms with E-state index in [1.54, 1.807) is 6.92 Å². The molecule has 0 saturated carbocycles. The van der Waals surface area contributed by atoms with Crippen LogP contribution in [0.25, 0.3) is 0 Å². The Balaban J connectivity index is 2.67. The summed E-state index contributed by atoms with van der Waals surface area (Å²) in [4.78, 5) is 0. The molecule has 0 heterocycles. The lowest BCUT2D eigenvalue weighted by Crippen LogP contribution is -2.50. The van der Waals surface area contributed by atoms with Crippen molar-refractivity contribution in [1.29, 1.82) is 0 Å². The van der Waals surface area contributed by atoms with Crippen LogP contribution in [-0.4, -0.2) is 40.6 Å². The van der Waals surface area contributed by atoms with E-state index >= 15 is 0 Å². The molecule has 1 aromatic rings. The first-order chi connectivity index (χ1) is 9.22. The second-order valence-corrected chi connectivity index (χ2v) is 4.89. The Kier molecular flexibility index (Phi) is 5.52. The third kappa shape index (κ3) is 4.45. The van der Waals surface area contributed by atoms with Crippen molar-refractivity contribution in [3.63, 3.8) is 0 Å². The molecular formula is C13H18F3NO3. The fourth-order valence-electron chi connectivity index (χ4n) is 1.52. The molecule has 0 aliphatic rings. The fraction of sp³-hybridized carbons (Fsp3) is 0.538. The summed E-state index contributed by atoms with van der Waals surface area (Å²) in [5.41, 5.74) is -1.41. The molecular weight excluding hydrogens is 275 g/mol. The Labute approximate surface area is 114 Å². The van der Waals surface area contributed by atoms with Crippen LogP contribution in [0.3, 0.4) is 0 Å². The molecule has 1 unspecified atom stereocenters. The quantitative estimate of drug-likeness (QED) is 0.633. The first kappa shape index (κ1) is 16.9. The second kappa shape index (κ2) is 6.53.